The van der Waals surface area contributed by atoms with Crippen molar-refractivity contribution in [2.75, 3.05) is 26.7 Å². The molecule has 0 saturated carbocycles. The Morgan fingerprint density at radius 2 is 2.05 bits per heavy atom. The molecule has 0 saturated heterocycles. The van der Waals surface area contributed by atoms with E-state index in [1.165, 1.54) is 0 Å². The third-order valence-electron chi connectivity index (χ3n) is 3.27. The highest BCUT2D eigenvalue weighted by molar-refractivity contribution is 5.75. The lowest BCUT2D eigenvalue weighted by Crippen LogP contribution is -2.33. The summed E-state index contributed by atoms with van der Waals surface area (Å²) in [6.07, 6.45) is 1.16. The van der Waals surface area contributed by atoms with Crippen LogP contribution in [0.2, 0.25) is 0 Å². The van der Waals surface area contributed by atoms with Gasteiger partial charge < -0.3 is 16.0 Å². The lowest BCUT2D eigenvalue weighted by atomic mass is 10.0. The van der Waals surface area contributed by atoms with Crippen LogP contribution in [0.15, 0.2) is 30.3 Å². The van der Waals surface area contributed by atoms with Crippen molar-refractivity contribution >= 4 is 5.91 Å². The zero-order valence-electron chi connectivity index (χ0n) is 11.9. The van der Waals surface area contributed by atoms with Crippen molar-refractivity contribution < 1.29 is 4.79 Å². The van der Waals surface area contributed by atoms with Gasteiger partial charge >= 0.3 is 0 Å². The second kappa shape index (κ2) is 8.67. The number of amides is 1. The van der Waals surface area contributed by atoms with Gasteiger partial charge in [0, 0.05) is 25.6 Å². The Balaban J connectivity index is 2.20. The first-order chi connectivity index (χ1) is 9.13. The summed E-state index contributed by atoms with van der Waals surface area (Å²) in [4.78, 5) is 13.8. The second-order valence-electron chi connectivity index (χ2n) is 4.80. The van der Waals surface area contributed by atoms with E-state index >= 15 is 0 Å². The van der Waals surface area contributed by atoms with Crippen LogP contribution < -0.4 is 11.1 Å². The summed E-state index contributed by atoms with van der Waals surface area (Å²) in [5.41, 5.74) is 7.14. The van der Waals surface area contributed by atoms with E-state index in [-0.39, 0.29) is 11.9 Å². The van der Waals surface area contributed by atoms with Gasteiger partial charge in [0.25, 0.3) is 0 Å². The summed E-state index contributed by atoms with van der Waals surface area (Å²) in [5, 5.41) is 2.92. The van der Waals surface area contributed by atoms with E-state index in [0.717, 1.165) is 18.7 Å². The first-order valence-electron chi connectivity index (χ1n) is 6.89. The van der Waals surface area contributed by atoms with Crippen LogP contribution in [0.1, 0.15) is 31.4 Å². The molecule has 0 aliphatic carbocycles. The molecule has 3 N–H and O–H groups in total. The molecule has 1 atom stereocenters. The van der Waals surface area contributed by atoms with Crippen LogP contribution in [-0.2, 0) is 4.79 Å². The fraction of sp³-hybridized carbons (Fsp3) is 0.533. The lowest BCUT2D eigenvalue weighted by Gasteiger charge is -2.15. The average molecular weight is 263 g/mol. The molecule has 0 aliphatic heterocycles. The number of nitrogens with one attached hydrogen (secondary N) is 1. The largest absolute Gasteiger partial charge is 0.355 e. The minimum Gasteiger partial charge on any atom is -0.355 e. The normalized spacial score (nSPS) is 12.4. The summed E-state index contributed by atoms with van der Waals surface area (Å²) in [6, 6.07) is 9.83. The van der Waals surface area contributed by atoms with E-state index < -0.39 is 0 Å². The molecule has 0 bridgehead atoms. The summed E-state index contributed by atoms with van der Waals surface area (Å²) >= 11 is 0. The SMILES string of the molecule is CCN(C)CCNC(=O)CCC(N)c1ccccc1. The van der Waals surface area contributed by atoms with Crippen molar-refractivity contribution in [1.29, 1.82) is 0 Å². The van der Waals surface area contributed by atoms with Crippen molar-refractivity contribution in [2.45, 2.75) is 25.8 Å². The zero-order chi connectivity index (χ0) is 14.1. The molecule has 106 valence electrons. The van der Waals surface area contributed by atoms with Crippen LogP contribution in [-0.4, -0.2) is 37.5 Å². The number of carbonyl (C=O) groups is 1. The number of likely N-dealkylation sites (N-methyl/N-ethyl adjacent to an activating group) is 1. The molecule has 19 heavy (non-hydrogen) atoms. The Morgan fingerprint density at radius 1 is 1.37 bits per heavy atom. The van der Waals surface area contributed by atoms with Gasteiger partial charge in [-0.3, -0.25) is 4.79 Å². The Kier molecular flexibility index (Phi) is 7.15. The fourth-order valence-corrected chi connectivity index (χ4v) is 1.79. The molecule has 1 aromatic carbocycles. The molecule has 0 radical (unpaired) electrons. The van der Waals surface area contributed by atoms with Crippen molar-refractivity contribution in [3.8, 4) is 0 Å². The van der Waals surface area contributed by atoms with Crippen LogP contribution in [0.5, 0.6) is 0 Å². The molecular formula is C15H25N3O. The number of carbonyl (C=O) groups excluding carboxylic acids is 1. The maximum absolute atomic E-state index is 11.7. The van der Waals surface area contributed by atoms with Crippen LogP contribution in [0.4, 0.5) is 0 Å². The van der Waals surface area contributed by atoms with Gasteiger partial charge in [-0.1, -0.05) is 37.3 Å². The number of rotatable bonds is 8. The third kappa shape index (κ3) is 6.36. The fourth-order valence-electron chi connectivity index (χ4n) is 1.79. The molecular weight excluding hydrogens is 238 g/mol. The van der Waals surface area contributed by atoms with E-state index in [4.69, 9.17) is 5.73 Å². The Bertz CT molecular complexity index is 367. The molecule has 1 amide bonds. The Labute approximate surface area is 116 Å². The minimum atomic E-state index is -0.0646. The topological polar surface area (TPSA) is 58.4 Å². The van der Waals surface area contributed by atoms with Crippen LogP contribution >= 0.6 is 0 Å². The predicted octanol–water partition coefficient (Wildman–Crippen LogP) is 1.53. The molecule has 1 unspecified atom stereocenters. The Morgan fingerprint density at radius 3 is 2.68 bits per heavy atom. The Hall–Kier alpha value is -1.39. The van der Waals surface area contributed by atoms with E-state index in [1.807, 2.05) is 37.4 Å². The molecule has 0 aromatic heterocycles. The summed E-state index contributed by atoms with van der Waals surface area (Å²) in [5.74, 6) is 0.0795. The van der Waals surface area contributed by atoms with E-state index in [0.29, 0.717) is 19.4 Å². The molecule has 0 spiro atoms. The van der Waals surface area contributed by atoms with Gasteiger partial charge in [0.05, 0.1) is 0 Å². The highest BCUT2D eigenvalue weighted by Crippen LogP contribution is 2.14. The van der Waals surface area contributed by atoms with Crippen LogP contribution in [0, 0.1) is 0 Å². The average Bonchev–Trinajstić information content (AvgIpc) is 2.45. The zero-order valence-corrected chi connectivity index (χ0v) is 11.9. The van der Waals surface area contributed by atoms with Gasteiger partial charge in [0.15, 0.2) is 0 Å². The first kappa shape index (κ1) is 15.7. The van der Waals surface area contributed by atoms with E-state index in [1.54, 1.807) is 0 Å². The highest BCUT2D eigenvalue weighted by atomic mass is 16.1. The highest BCUT2D eigenvalue weighted by Gasteiger charge is 2.08. The van der Waals surface area contributed by atoms with Crippen LogP contribution in [0.3, 0.4) is 0 Å². The first-order valence-corrected chi connectivity index (χ1v) is 6.89. The van der Waals surface area contributed by atoms with Gasteiger partial charge in [-0.15, -0.1) is 0 Å². The number of hydrogen-bond acceptors (Lipinski definition) is 3. The molecule has 0 fully saturated rings. The molecule has 0 heterocycles. The number of hydrogen-bond donors (Lipinski definition) is 2. The molecule has 4 heteroatoms. The van der Waals surface area contributed by atoms with Gasteiger partial charge in [-0.2, -0.15) is 0 Å². The number of nitrogens with zero attached hydrogens (tertiary/aromatic N) is 1. The monoisotopic (exact) mass is 263 g/mol. The maximum atomic E-state index is 11.7. The molecule has 4 nitrogen and oxygen atoms in total. The minimum absolute atomic E-state index is 0.0646. The summed E-state index contributed by atoms with van der Waals surface area (Å²) < 4.78 is 0. The van der Waals surface area contributed by atoms with Gasteiger partial charge in [-0.25, -0.2) is 0 Å². The molecule has 1 aromatic rings. The van der Waals surface area contributed by atoms with Crippen molar-refractivity contribution in [3.63, 3.8) is 0 Å². The van der Waals surface area contributed by atoms with E-state index in [2.05, 4.69) is 17.1 Å². The van der Waals surface area contributed by atoms with Gasteiger partial charge in [-0.05, 0) is 25.6 Å². The second-order valence-corrected chi connectivity index (χ2v) is 4.80. The summed E-state index contributed by atoms with van der Waals surface area (Å²) in [7, 11) is 2.04. The standard InChI is InChI=1S/C15H25N3O/c1-3-18(2)12-11-17-15(19)10-9-14(16)13-7-5-4-6-8-13/h4-8,14H,3,9-12,16H2,1-2H3,(H,17,19). The lowest BCUT2D eigenvalue weighted by molar-refractivity contribution is -0.121. The number of benzene rings is 1. The summed E-state index contributed by atoms with van der Waals surface area (Å²) in [6.45, 7) is 4.67. The maximum Gasteiger partial charge on any atom is 0.220 e. The number of nitrogens with two attached hydrogens (primary N) is 1. The quantitative estimate of drug-likeness (QED) is 0.748. The van der Waals surface area contributed by atoms with E-state index in [9.17, 15) is 4.79 Å². The van der Waals surface area contributed by atoms with Crippen molar-refractivity contribution in [1.82, 2.24) is 10.2 Å². The predicted molar refractivity (Wildman–Crippen MR) is 78.8 cm³/mol. The van der Waals surface area contributed by atoms with Gasteiger partial charge in [0.1, 0.15) is 0 Å². The molecule has 1 rings (SSSR count). The van der Waals surface area contributed by atoms with Crippen molar-refractivity contribution in [2.24, 2.45) is 5.73 Å². The van der Waals surface area contributed by atoms with Crippen molar-refractivity contribution in [3.05, 3.63) is 35.9 Å². The molecule has 0 aliphatic rings. The smallest absolute Gasteiger partial charge is 0.220 e. The third-order valence-corrected chi connectivity index (χ3v) is 3.27. The van der Waals surface area contributed by atoms with Gasteiger partial charge in [0.2, 0.25) is 5.91 Å². The van der Waals surface area contributed by atoms with Crippen LogP contribution in [0.25, 0.3) is 0 Å².